The van der Waals surface area contributed by atoms with Gasteiger partial charge in [-0.1, -0.05) is 13.8 Å². The van der Waals surface area contributed by atoms with E-state index in [4.69, 9.17) is 15.2 Å². The van der Waals surface area contributed by atoms with Gasteiger partial charge in [-0.05, 0) is 37.6 Å². The van der Waals surface area contributed by atoms with Gasteiger partial charge in [0, 0.05) is 6.54 Å². The van der Waals surface area contributed by atoms with E-state index in [9.17, 15) is 4.79 Å². The van der Waals surface area contributed by atoms with Crippen LogP contribution in [0.5, 0.6) is 5.75 Å². The molecule has 0 aromatic heterocycles. The molecule has 3 N–H and O–H groups in total. The zero-order chi connectivity index (χ0) is 14.8. The summed E-state index contributed by atoms with van der Waals surface area (Å²) in [6.07, 6.45) is 1.97. The Kier molecular flexibility index (Phi) is 7.50. The number of hydrogen-bond acceptors (Lipinski definition) is 5. The van der Waals surface area contributed by atoms with Gasteiger partial charge in [0.1, 0.15) is 12.4 Å². The number of ether oxygens (including phenoxy) is 2. The molecule has 0 unspecified atom stereocenters. The largest absolute Gasteiger partial charge is 0.491 e. The highest BCUT2D eigenvalue weighted by Crippen LogP contribution is 2.23. The Morgan fingerprint density at radius 3 is 2.65 bits per heavy atom. The molecule has 1 aromatic rings. The third kappa shape index (κ3) is 5.48. The van der Waals surface area contributed by atoms with Crippen LogP contribution in [-0.2, 0) is 4.74 Å². The van der Waals surface area contributed by atoms with Crippen LogP contribution in [0.1, 0.15) is 37.0 Å². The van der Waals surface area contributed by atoms with Crippen LogP contribution < -0.4 is 15.8 Å². The van der Waals surface area contributed by atoms with Crippen molar-refractivity contribution in [1.82, 2.24) is 5.32 Å². The second-order valence-corrected chi connectivity index (χ2v) is 4.49. The third-order valence-electron chi connectivity index (χ3n) is 2.65. The van der Waals surface area contributed by atoms with E-state index < -0.39 is 0 Å². The minimum Gasteiger partial charge on any atom is -0.491 e. The second kappa shape index (κ2) is 9.20. The fourth-order valence-electron chi connectivity index (χ4n) is 1.62. The Labute approximate surface area is 120 Å². The number of nitrogens with two attached hydrogens (primary N) is 1. The Morgan fingerprint density at radius 2 is 2.00 bits per heavy atom. The van der Waals surface area contributed by atoms with E-state index in [2.05, 4.69) is 12.2 Å². The molecule has 0 bridgehead atoms. The van der Waals surface area contributed by atoms with Crippen molar-refractivity contribution in [1.29, 1.82) is 0 Å². The number of nitrogens with one attached hydrogen (secondary N) is 1. The molecule has 5 nitrogen and oxygen atoms in total. The van der Waals surface area contributed by atoms with Crippen LogP contribution in [0.15, 0.2) is 18.2 Å². The number of hydrogen-bond donors (Lipinski definition) is 2. The van der Waals surface area contributed by atoms with Gasteiger partial charge in [0.2, 0.25) is 0 Å². The standard InChI is InChI=1S/C15H24N2O3/c1-3-7-17-8-10-20-15(18)12-5-6-14(13(16)11-12)19-9-4-2/h5-6,11,17H,3-4,7-10,16H2,1-2H3. The minimum atomic E-state index is -0.364. The maximum Gasteiger partial charge on any atom is 0.338 e. The van der Waals surface area contributed by atoms with E-state index in [0.717, 1.165) is 19.4 Å². The summed E-state index contributed by atoms with van der Waals surface area (Å²) in [6, 6.07) is 4.97. The first-order valence-corrected chi connectivity index (χ1v) is 7.09. The zero-order valence-corrected chi connectivity index (χ0v) is 12.3. The van der Waals surface area contributed by atoms with E-state index in [-0.39, 0.29) is 5.97 Å². The number of benzene rings is 1. The third-order valence-corrected chi connectivity index (χ3v) is 2.65. The molecular formula is C15H24N2O3. The summed E-state index contributed by atoms with van der Waals surface area (Å²) in [5.74, 6) is 0.241. The lowest BCUT2D eigenvalue weighted by molar-refractivity contribution is 0.0509. The molecule has 1 aromatic carbocycles. The first kappa shape index (κ1) is 16.3. The van der Waals surface area contributed by atoms with Crippen molar-refractivity contribution in [3.05, 3.63) is 23.8 Å². The molecule has 0 fully saturated rings. The summed E-state index contributed by atoms with van der Waals surface area (Å²) < 4.78 is 10.6. The van der Waals surface area contributed by atoms with Gasteiger partial charge in [0.05, 0.1) is 17.9 Å². The highest BCUT2D eigenvalue weighted by molar-refractivity contribution is 5.91. The van der Waals surface area contributed by atoms with Crippen LogP contribution >= 0.6 is 0 Å². The highest BCUT2D eigenvalue weighted by Gasteiger charge is 2.10. The molecule has 1 rings (SSSR count). The zero-order valence-electron chi connectivity index (χ0n) is 12.3. The van der Waals surface area contributed by atoms with Gasteiger partial charge < -0.3 is 20.5 Å². The summed E-state index contributed by atoms with van der Waals surface area (Å²) in [7, 11) is 0. The van der Waals surface area contributed by atoms with Crippen LogP contribution in [0.4, 0.5) is 5.69 Å². The lowest BCUT2D eigenvalue weighted by Gasteiger charge is -2.10. The maximum atomic E-state index is 11.8. The molecule has 0 spiro atoms. The van der Waals surface area contributed by atoms with Gasteiger partial charge in [-0.15, -0.1) is 0 Å². The van der Waals surface area contributed by atoms with Gasteiger partial charge >= 0.3 is 5.97 Å². The topological polar surface area (TPSA) is 73.6 Å². The quantitative estimate of drug-likeness (QED) is 0.412. The van der Waals surface area contributed by atoms with Crippen LogP contribution in [0.3, 0.4) is 0 Å². The van der Waals surface area contributed by atoms with E-state index in [0.29, 0.717) is 36.8 Å². The van der Waals surface area contributed by atoms with Crippen LogP contribution in [0.2, 0.25) is 0 Å². The summed E-state index contributed by atoms with van der Waals surface area (Å²) in [4.78, 5) is 11.8. The van der Waals surface area contributed by atoms with E-state index in [1.807, 2.05) is 6.92 Å². The number of anilines is 1. The summed E-state index contributed by atoms with van der Waals surface area (Å²) >= 11 is 0. The minimum absolute atomic E-state index is 0.354. The molecule has 0 aliphatic heterocycles. The van der Waals surface area contributed by atoms with E-state index >= 15 is 0 Å². The van der Waals surface area contributed by atoms with Crippen molar-refractivity contribution in [3.8, 4) is 5.75 Å². The van der Waals surface area contributed by atoms with Crippen molar-refractivity contribution in [2.24, 2.45) is 0 Å². The molecule has 0 saturated carbocycles. The average molecular weight is 280 g/mol. The van der Waals surface area contributed by atoms with Gasteiger partial charge in [-0.2, -0.15) is 0 Å². The number of carbonyl (C=O) groups excluding carboxylic acids is 1. The molecule has 0 saturated heterocycles. The molecule has 0 radical (unpaired) electrons. The Morgan fingerprint density at radius 1 is 1.20 bits per heavy atom. The Bertz CT molecular complexity index is 422. The predicted octanol–water partition coefficient (Wildman–Crippen LogP) is 2.21. The molecule has 112 valence electrons. The number of nitrogen functional groups attached to an aromatic ring is 1. The monoisotopic (exact) mass is 280 g/mol. The summed E-state index contributed by atoms with van der Waals surface area (Å²) in [5.41, 5.74) is 6.75. The van der Waals surface area contributed by atoms with Crippen LogP contribution in [0.25, 0.3) is 0 Å². The molecule has 20 heavy (non-hydrogen) atoms. The van der Waals surface area contributed by atoms with Crippen molar-refractivity contribution < 1.29 is 14.3 Å². The molecule has 0 heterocycles. The molecule has 0 atom stereocenters. The fraction of sp³-hybridized carbons (Fsp3) is 0.533. The SMILES string of the molecule is CCCNCCOC(=O)c1ccc(OCCC)c(N)c1. The normalized spacial score (nSPS) is 10.3. The molecular weight excluding hydrogens is 256 g/mol. The predicted molar refractivity (Wildman–Crippen MR) is 80.1 cm³/mol. The molecule has 0 aliphatic rings. The first-order valence-electron chi connectivity index (χ1n) is 7.09. The number of esters is 1. The van der Waals surface area contributed by atoms with Gasteiger partial charge in [-0.25, -0.2) is 4.79 Å². The van der Waals surface area contributed by atoms with E-state index in [1.54, 1.807) is 18.2 Å². The van der Waals surface area contributed by atoms with Crippen LogP contribution in [0, 0.1) is 0 Å². The van der Waals surface area contributed by atoms with Crippen molar-refractivity contribution in [2.75, 3.05) is 32.0 Å². The highest BCUT2D eigenvalue weighted by atomic mass is 16.5. The Balaban J connectivity index is 2.46. The van der Waals surface area contributed by atoms with Crippen molar-refractivity contribution >= 4 is 11.7 Å². The van der Waals surface area contributed by atoms with Crippen molar-refractivity contribution in [2.45, 2.75) is 26.7 Å². The lowest BCUT2D eigenvalue weighted by Crippen LogP contribution is -2.22. The molecule has 0 amide bonds. The fourth-order valence-corrected chi connectivity index (χ4v) is 1.62. The maximum absolute atomic E-state index is 11.8. The number of rotatable bonds is 9. The second-order valence-electron chi connectivity index (χ2n) is 4.49. The summed E-state index contributed by atoms with van der Waals surface area (Å²) in [6.45, 7) is 6.66. The smallest absolute Gasteiger partial charge is 0.338 e. The van der Waals surface area contributed by atoms with Gasteiger partial charge in [0.15, 0.2) is 0 Å². The van der Waals surface area contributed by atoms with E-state index in [1.165, 1.54) is 0 Å². The molecule has 5 heteroatoms. The van der Waals surface area contributed by atoms with Gasteiger partial charge in [0.25, 0.3) is 0 Å². The molecule has 0 aliphatic carbocycles. The first-order chi connectivity index (χ1) is 9.69. The van der Waals surface area contributed by atoms with Crippen molar-refractivity contribution in [3.63, 3.8) is 0 Å². The summed E-state index contributed by atoms with van der Waals surface area (Å²) in [5, 5.41) is 3.16. The number of carbonyl (C=O) groups is 1. The Hall–Kier alpha value is -1.75. The lowest BCUT2D eigenvalue weighted by atomic mass is 10.2. The van der Waals surface area contributed by atoms with Crippen LogP contribution in [-0.4, -0.2) is 32.3 Å². The average Bonchev–Trinajstić information content (AvgIpc) is 2.45. The van der Waals surface area contributed by atoms with Gasteiger partial charge in [-0.3, -0.25) is 0 Å².